The van der Waals surface area contributed by atoms with E-state index in [9.17, 15) is 5.11 Å². The summed E-state index contributed by atoms with van der Waals surface area (Å²) in [6.45, 7) is 3.62. The molecule has 0 unspecified atom stereocenters. The summed E-state index contributed by atoms with van der Waals surface area (Å²) in [4.78, 5) is 4.15. The minimum absolute atomic E-state index is 0.476. The molecule has 62 valence electrons. The van der Waals surface area contributed by atoms with Crippen molar-refractivity contribution in [1.29, 1.82) is 0 Å². The number of hydrogen-bond donors (Lipinski definition) is 1. The van der Waals surface area contributed by atoms with Gasteiger partial charge in [-0.15, -0.1) is 0 Å². The van der Waals surface area contributed by atoms with Crippen LogP contribution in [0.5, 0.6) is 0 Å². The Balaban J connectivity index is 3.22. The first kappa shape index (κ1) is 8.74. The third-order valence-corrected chi connectivity index (χ3v) is 2.30. The molecule has 0 amide bonds. The van der Waals surface area contributed by atoms with Crippen LogP contribution < -0.4 is 0 Å². The largest absolute Gasteiger partial charge is 0.387 e. The van der Waals surface area contributed by atoms with Crippen molar-refractivity contribution >= 4 is 15.9 Å². The van der Waals surface area contributed by atoms with E-state index in [4.69, 9.17) is 0 Å². The van der Waals surface area contributed by atoms with Gasteiger partial charge in [0, 0.05) is 7.05 Å². The Morgan fingerprint density at radius 2 is 2.18 bits per heavy atom. The van der Waals surface area contributed by atoms with Gasteiger partial charge in [-0.2, -0.15) is 0 Å². The van der Waals surface area contributed by atoms with Gasteiger partial charge in [-0.3, -0.25) is 0 Å². The number of aryl methyl sites for hydroxylation is 1. The first-order valence-corrected chi connectivity index (χ1v) is 4.20. The lowest BCUT2D eigenvalue weighted by Gasteiger charge is -2.05. The maximum absolute atomic E-state index is 9.31. The predicted molar refractivity (Wildman–Crippen MR) is 46.3 cm³/mol. The summed E-state index contributed by atoms with van der Waals surface area (Å²) >= 11 is 3.28. The van der Waals surface area contributed by atoms with Crippen LogP contribution in [0.1, 0.15) is 24.5 Å². The van der Waals surface area contributed by atoms with Crippen LogP contribution in [0.15, 0.2) is 4.60 Å². The van der Waals surface area contributed by atoms with E-state index >= 15 is 0 Å². The molecule has 0 saturated carbocycles. The Bertz CT molecular complexity index is 268. The Hall–Kier alpha value is -0.350. The van der Waals surface area contributed by atoms with Crippen molar-refractivity contribution in [3.8, 4) is 0 Å². The smallest absolute Gasteiger partial charge is 0.130 e. The van der Waals surface area contributed by atoms with Gasteiger partial charge in [0.15, 0.2) is 0 Å². The van der Waals surface area contributed by atoms with Gasteiger partial charge in [-0.1, -0.05) is 0 Å². The van der Waals surface area contributed by atoms with Crippen LogP contribution in [0.3, 0.4) is 0 Å². The minimum Gasteiger partial charge on any atom is -0.387 e. The summed E-state index contributed by atoms with van der Waals surface area (Å²) in [6.07, 6.45) is -0.476. The fraction of sp³-hybridized carbons (Fsp3) is 0.571. The number of rotatable bonds is 1. The molecule has 0 aliphatic rings. The second-order valence-electron chi connectivity index (χ2n) is 2.57. The van der Waals surface area contributed by atoms with E-state index in [0.717, 1.165) is 16.1 Å². The van der Waals surface area contributed by atoms with Gasteiger partial charge >= 0.3 is 0 Å². The van der Waals surface area contributed by atoms with E-state index < -0.39 is 6.10 Å². The Morgan fingerprint density at radius 3 is 2.36 bits per heavy atom. The summed E-state index contributed by atoms with van der Waals surface area (Å²) in [5.74, 6) is 0.896. The molecular formula is C7H11BrN2O. The van der Waals surface area contributed by atoms with Crippen LogP contribution in [0.2, 0.25) is 0 Å². The fourth-order valence-corrected chi connectivity index (χ4v) is 1.89. The number of imidazole rings is 1. The molecule has 4 heteroatoms. The summed E-state index contributed by atoms with van der Waals surface area (Å²) in [5.41, 5.74) is 0.822. The lowest BCUT2D eigenvalue weighted by atomic mass is 10.3. The van der Waals surface area contributed by atoms with Crippen molar-refractivity contribution in [2.45, 2.75) is 20.0 Å². The quantitative estimate of drug-likeness (QED) is 0.777. The molecule has 0 spiro atoms. The molecule has 1 atom stereocenters. The van der Waals surface area contributed by atoms with Gasteiger partial charge in [0.25, 0.3) is 0 Å². The molecule has 0 aromatic carbocycles. The minimum atomic E-state index is -0.476. The number of aliphatic hydroxyl groups excluding tert-OH is 1. The average Bonchev–Trinajstić information content (AvgIpc) is 2.07. The molecule has 1 heterocycles. The van der Waals surface area contributed by atoms with Gasteiger partial charge in [-0.05, 0) is 29.8 Å². The van der Waals surface area contributed by atoms with Crippen molar-refractivity contribution in [1.82, 2.24) is 9.55 Å². The van der Waals surface area contributed by atoms with Crippen LogP contribution >= 0.6 is 15.9 Å². The molecular weight excluding hydrogens is 208 g/mol. The Labute approximate surface area is 74.2 Å². The SMILES string of the molecule is Cc1nc(Br)c([C@@H](C)O)n1C. The lowest BCUT2D eigenvalue weighted by Crippen LogP contribution is -2.02. The molecule has 0 fully saturated rings. The third-order valence-electron chi connectivity index (χ3n) is 1.71. The predicted octanol–water partition coefficient (Wildman–Crippen LogP) is 1.54. The van der Waals surface area contributed by atoms with E-state index in [2.05, 4.69) is 20.9 Å². The molecule has 1 N–H and O–H groups in total. The van der Waals surface area contributed by atoms with Gasteiger partial charge < -0.3 is 9.67 Å². The first-order valence-electron chi connectivity index (χ1n) is 3.40. The molecule has 0 aliphatic heterocycles. The average molecular weight is 219 g/mol. The monoisotopic (exact) mass is 218 g/mol. The summed E-state index contributed by atoms with van der Waals surface area (Å²) in [7, 11) is 1.88. The van der Waals surface area contributed by atoms with Crippen molar-refractivity contribution < 1.29 is 5.11 Å². The molecule has 0 radical (unpaired) electrons. The summed E-state index contributed by atoms with van der Waals surface area (Å²) in [6, 6.07) is 0. The highest BCUT2D eigenvalue weighted by molar-refractivity contribution is 9.10. The van der Waals surface area contributed by atoms with Crippen LogP contribution in [-0.4, -0.2) is 14.7 Å². The molecule has 0 bridgehead atoms. The molecule has 11 heavy (non-hydrogen) atoms. The number of halogens is 1. The zero-order valence-corrected chi connectivity index (χ0v) is 8.38. The van der Waals surface area contributed by atoms with Crippen molar-refractivity contribution in [2.24, 2.45) is 7.05 Å². The zero-order chi connectivity index (χ0) is 8.59. The highest BCUT2D eigenvalue weighted by Crippen LogP contribution is 2.22. The van der Waals surface area contributed by atoms with Gasteiger partial charge in [0.1, 0.15) is 10.4 Å². The second-order valence-corrected chi connectivity index (χ2v) is 3.32. The topological polar surface area (TPSA) is 38.1 Å². The van der Waals surface area contributed by atoms with Crippen LogP contribution in [0.25, 0.3) is 0 Å². The van der Waals surface area contributed by atoms with Crippen LogP contribution in [-0.2, 0) is 7.05 Å². The van der Waals surface area contributed by atoms with Gasteiger partial charge in [0.05, 0.1) is 11.8 Å². The van der Waals surface area contributed by atoms with E-state index in [1.165, 1.54) is 0 Å². The van der Waals surface area contributed by atoms with E-state index in [0.29, 0.717) is 0 Å². The van der Waals surface area contributed by atoms with E-state index in [-0.39, 0.29) is 0 Å². The summed E-state index contributed by atoms with van der Waals surface area (Å²) < 4.78 is 2.60. The fourth-order valence-electron chi connectivity index (χ4n) is 1.04. The maximum Gasteiger partial charge on any atom is 0.130 e. The zero-order valence-electron chi connectivity index (χ0n) is 6.80. The van der Waals surface area contributed by atoms with Crippen molar-refractivity contribution in [2.75, 3.05) is 0 Å². The number of aromatic nitrogens is 2. The molecule has 0 aliphatic carbocycles. The Kier molecular flexibility index (Phi) is 2.34. The Morgan fingerprint density at radius 1 is 1.64 bits per heavy atom. The lowest BCUT2D eigenvalue weighted by molar-refractivity contribution is 0.189. The van der Waals surface area contributed by atoms with E-state index in [1.807, 2.05) is 18.5 Å². The molecule has 0 saturated heterocycles. The van der Waals surface area contributed by atoms with E-state index in [1.54, 1.807) is 6.92 Å². The molecule has 1 aromatic rings. The third kappa shape index (κ3) is 1.46. The highest BCUT2D eigenvalue weighted by atomic mass is 79.9. The van der Waals surface area contributed by atoms with Gasteiger partial charge in [0.2, 0.25) is 0 Å². The number of aliphatic hydroxyl groups is 1. The van der Waals surface area contributed by atoms with Crippen molar-refractivity contribution in [3.63, 3.8) is 0 Å². The van der Waals surface area contributed by atoms with Crippen LogP contribution in [0.4, 0.5) is 0 Å². The number of hydrogen-bond acceptors (Lipinski definition) is 2. The van der Waals surface area contributed by atoms with Gasteiger partial charge in [-0.25, -0.2) is 4.98 Å². The maximum atomic E-state index is 9.31. The molecule has 1 rings (SSSR count). The summed E-state index contributed by atoms with van der Waals surface area (Å²) in [5, 5.41) is 9.31. The standard InChI is InChI=1S/C7H11BrN2O/c1-4(11)6-7(8)9-5(2)10(6)3/h4,11H,1-3H3/t4-/m1/s1. The molecule has 1 aromatic heterocycles. The van der Waals surface area contributed by atoms with Crippen molar-refractivity contribution in [3.05, 3.63) is 16.1 Å². The second kappa shape index (κ2) is 2.95. The van der Waals surface area contributed by atoms with Crippen LogP contribution in [0, 0.1) is 6.92 Å². The molecule has 3 nitrogen and oxygen atoms in total. The highest BCUT2D eigenvalue weighted by Gasteiger charge is 2.13. The number of nitrogens with zero attached hydrogens (tertiary/aromatic N) is 2. The normalized spacial score (nSPS) is 13.5. The first-order chi connectivity index (χ1) is 5.04.